The Morgan fingerprint density at radius 3 is 2.92 bits per heavy atom. The van der Waals surface area contributed by atoms with E-state index in [2.05, 4.69) is 4.74 Å². The Morgan fingerprint density at radius 2 is 2.46 bits per heavy atom. The van der Waals surface area contributed by atoms with Crippen molar-refractivity contribution in [2.24, 2.45) is 5.73 Å². The first-order valence-corrected chi connectivity index (χ1v) is 4.90. The van der Waals surface area contributed by atoms with Gasteiger partial charge in [-0.2, -0.15) is 0 Å². The predicted molar refractivity (Wildman–Crippen MR) is 52.9 cm³/mol. The Morgan fingerprint density at radius 1 is 1.77 bits per heavy atom. The number of ether oxygens (including phenoxy) is 1. The van der Waals surface area contributed by atoms with Crippen LogP contribution in [-0.4, -0.2) is 13.1 Å². The normalized spacial score (nSPS) is 12.5. The highest BCUT2D eigenvalue weighted by Crippen LogP contribution is 2.27. The molecule has 2 N–H and O–H groups in total. The summed E-state index contributed by atoms with van der Waals surface area (Å²) in [4.78, 5) is 11.8. The van der Waals surface area contributed by atoms with Crippen LogP contribution in [0.15, 0.2) is 12.1 Å². The highest BCUT2D eigenvalue weighted by atomic mass is 35.5. The number of thiophene rings is 1. The molecule has 1 atom stereocenters. The standard InChI is InChI=1S/C8H10ClNO2S/c1-12-8(11)4-5(10)6-2-3-7(9)13-6/h2-3,5H,4,10H2,1H3/t5-/m1/s1. The van der Waals surface area contributed by atoms with E-state index in [1.165, 1.54) is 18.4 Å². The van der Waals surface area contributed by atoms with Gasteiger partial charge in [-0.3, -0.25) is 4.79 Å². The van der Waals surface area contributed by atoms with E-state index in [9.17, 15) is 4.79 Å². The summed E-state index contributed by atoms with van der Waals surface area (Å²) in [6, 6.07) is 3.27. The van der Waals surface area contributed by atoms with Crippen LogP contribution in [0.2, 0.25) is 4.34 Å². The van der Waals surface area contributed by atoms with E-state index in [4.69, 9.17) is 17.3 Å². The van der Waals surface area contributed by atoms with Gasteiger partial charge in [-0.15, -0.1) is 11.3 Å². The van der Waals surface area contributed by atoms with Crippen molar-refractivity contribution in [2.45, 2.75) is 12.5 Å². The average Bonchev–Trinajstić information content (AvgIpc) is 2.51. The van der Waals surface area contributed by atoms with Crippen LogP contribution in [0.3, 0.4) is 0 Å². The minimum absolute atomic E-state index is 0.188. The van der Waals surface area contributed by atoms with Gasteiger partial charge in [0, 0.05) is 10.9 Å². The van der Waals surface area contributed by atoms with Gasteiger partial charge >= 0.3 is 5.97 Å². The molecule has 0 unspecified atom stereocenters. The quantitative estimate of drug-likeness (QED) is 0.791. The summed E-state index contributed by atoms with van der Waals surface area (Å²) in [5.74, 6) is -0.308. The average molecular weight is 220 g/mol. The van der Waals surface area contributed by atoms with E-state index in [1.807, 2.05) is 6.07 Å². The zero-order chi connectivity index (χ0) is 9.84. The monoisotopic (exact) mass is 219 g/mol. The number of rotatable bonds is 3. The van der Waals surface area contributed by atoms with Crippen molar-refractivity contribution < 1.29 is 9.53 Å². The fourth-order valence-electron chi connectivity index (χ4n) is 0.891. The molecule has 3 nitrogen and oxygen atoms in total. The van der Waals surface area contributed by atoms with Gasteiger partial charge in [0.15, 0.2) is 0 Å². The van der Waals surface area contributed by atoms with Crippen molar-refractivity contribution >= 4 is 28.9 Å². The lowest BCUT2D eigenvalue weighted by atomic mass is 10.2. The summed E-state index contributed by atoms with van der Waals surface area (Å²) in [6.45, 7) is 0. The fraction of sp³-hybridized carbons (Fsp3) is 0.375. The Bertz CT molecular complexity index is 300. The molecule has 0 fully saturated rings. The maximum absolute atomic E-state index is 10.9. The lowest BCUT2D eigenvalue weighted by Crippen LogP contribution is -2.14. The summed E-state index contributed by atoms with van der Waals surface area (Å²) in [6.07, 6.45) is 0.188. The second-order valence-corrected chi connectivity index (χ2v) is 4.28. The SMILES string of the molecule is COC(=O)C[C@@H](N)c1ccc(Cl)s1. The van der Waals surface area contributed by atoms with Crippen LogP contribution in [0.1, 0.15) is 17.3 Å². The van der Waals surface area contributed by atoms with Gasteiger partial charge in [-0.1, -0.05) is 11.6 Å². The van der Waals surface area contributed by atoms with Crippen molar-refractivity contribution in [2.75, 3.05) is 7.11 Å². The first kappa shape index (κ1) is 10.5. The number of esters is 1. The third kappa shape index (κ3) is 2.99. The minimum atomic E-state index is -0.315. The molecule has 0 radical (unpaired) electrons. The van der Waals surface area contributed by atoms with Gasteiger partial charge in [0.1, 0.15) is 0 Å². The highest BCUT2D eigenvalue weighted by Gasteiger charge is 2.13. The predicted octanol–water partition coefficient (Wildman–Crippen LogP) is 1.96. The number of hydrogen-bond donors (Lipinski definition) is 1. The molecule has 1 aromatic rings. The number of nitrogens with two attached hydrogens (primary N) is 1. The number of halogens is 1. The molecule has 0 bridgehead atoms. The summed E-state index contributed by atoms with van der Waals surface area (Å²) >= 11 is 7.10. The van der Waals surface area contributed by atoms with Crippen LogP contribution in [-0.2, 0) is 9.53 Å². The first-order chi connectivity index (χ1) is 6.13. The van der Waals surface area contributed by atoms with Crippen molar-refractivity contribution in [1.82, 2.24) is 0 Å². The Hall–Kier alpha value is -0.580. The van der Waals surface area contributed by atoms with E-state index in [1.54, 1.807) is 6.07 Å². The highest BCUT2D eigenvalue weighted by molar-refractivity contribution is 7.16. The number of methoxy groups -OCH3 is 1. The van der Waals surface area contributed by atoms with Crippen molar-refractivity contribution in [3.8, 4) is 0 Å². The third-order valence-electron chi connectivity index (χ3n) is 1.57. The molecule has 0 amide bonds. The lowest BCUT2D eigenvalue weighted by Gasteiger charge is -2.06. The molecular formula is C8H10ClNO2S. The minimum Gasteiger partial charge on any atom is -0.469 e. The maximum Gasteiger partial charge on any atom is 0.307 e. The molecular weight excluding hydrogens is 210 g/mol. The molecule has 1 heterocycles. The molecule has 0 aliphatic heterocycles. The van der Waals surface area contributed by atoms with Crippen LogP contribution >= 0.6 is 22.9 Å². The van der Waals surface area contributed by atoms with E-state index in [0.29, 0.717) is 4.34 Å². The molecule has 1 rings (SSSR count). The fourth-order valence-corrected chi connectivity index (χ4v) is 1.95. The molecule has 1 aromatic heterocycles. The van der Waals surface area contributed by atoms with Gasteiger partial charge in [-0.25, -0.2) is 0 Å². The molecule has 72 valence electrons. The third-order valence-corrected chi connectivity index (χ3v) is 2.94. The van der Waals surface area contributed by atoms with Gasteiger partial charge in [0.25, 0.3) is 0 Å². The van der Waals surface area contributed by atoms with Crippen molar-refractivity contribution in [3.05, 3.63) is 21.3 Å². The Balaban J connectivity index is 2.58. The Kier molecular flexibility index (Phi) is 3.71. The van der Waals surface area contributed by atoms with Crippen molar-refractivity contribution in [1.29, 1.82) is 0 Å². The topological polar surface area (TPSA) is 52.3 Å². The molecule has 5 heteroatoms. The lowest BCUT2D eigenvalue weighted by molar-refractivity contribution is -0.141. The van der Waals surface area contributed by atoms with Gasteiger partial charge < -0.3 is 10.5 Å². The summed E-state index contributed by atoms with van der Waals surface area (Å²) in [7, 11) is 1.34. The van der Waals surface area contributed by atoms with E-state index in [-0.39, 0.29) is 18.4 Å². The van der Waals surface area contributed by atoms with Crippen LogP contribution in [0.4, 0.5) is 0 Å². The van der Waals surface area contributed by atoms with Gasteiger partial charge in [-0.05, 0) is 12.1 Å². The molecule has 0 spiro atoms. The Labute approximate surface area is 85.4 Å². The van der Waals surface area contributed by atoms with Crippen LogP contribution in [0.5, 0.6) is 0 Å². The van der Waals surface area contributed by atoms with Gasteiger partial charge in [0.2, 0.25) is 0 Å². The molecule has 13 heavy (non-hydrogen) atoms. The molecule has 0 saturated heterocycles. The largest absolute Gasteiger partial charge is 0.469 e. The van der Waals surface area contributed by atoms with Crippen LogP contribution in [0, 0.1) is 0 Å². The molecule has 0 aliphatic carbocycles. The first-order valence-electron chi connectivity index (χ1n) is 3.71. The number of hydrogen-bond acceptors (Lipinski definition) is 4. The summed E-state index contributed by atoms with van der Waals surface area (Å²) in [5.41, 5.74) is 5.74. The molecule has 0 saturated carbocycles. The zero-order valence-corrected chi connectivity index (χ0v) is 8.69. The van der Waals surface area contributed by atoms with Crippen molar-refractivity contribution in [3.63, 3.8) is 0 Å². The molecule has 0 aliphatic rings. The zero-order valence-electron chi connectivity index (χ0n) is 7.12. The van der Waals surface area contributed by atoms with E-state index in [0.717, 1.165) is 4.88 Å². The summed E-state index contributed by atoms with van der Waals surface area (Å²) < 4.78 is 5.18. The second kappa shape index (κ2) is 4.60. The van der Waals surface area contributed by atoms with E-state index < -0.39 is 0 Å². The maximum atomic E-state index is 10.9. The van der Waals surface area contributed by atoms with Gasteiger partial charge in [0.05, 0.1) is 17.9 Å². The smallest absolute Gasteiger partial charge is 0.307 e. The molecule has 0 aromatic carbocycles. The van der Waals surface area contributed by atoms with Crippen LogP contribution < -0.4 is 5.73 Å². The number of carbonyl (C=O) groups is 1. The van der Waals surface area contributed by atoms with E-state index >= 15 is 0 Å². The second-order valence-electron chi connectivity index (χ2n) is 2.53. The number of carbonyl (C=O) groups excluding carboxylic acids is 1. The van der Waals surface area contributed by atoms with Crippen LogP contribution in [0.25, 0.3) is 0 Å². The summed E-state index contributed by atoms with van der Waals surface area (Å²) in [5, 5.41) is 0.